The Hall–Kier alpha value is -5.42. The predicted molar refractivity (Wildman–Crippen MR) is 200 cm³/mol. The highest BCUT2D eigenvalue weighted by Crippen LogP contribution is 2.51. The third kappa shape index (κ3) is 3.75. The lowest BCUT2D eigenvalue weighted by Gasteiger charge is -2.27. The van der Waals surface area contributed by atoms with Gasteiger partial charge in [-0.15, -0.1) is 22.7 Å². The molecule has 216 valence electrons. The highest BCUT2D eigenvalue weighted by molar-refractivity contribution is 7.27. The number of benzene rings is 7. The second-order valence-electron chi connectivity index (χ2n) is 11.6. The largest absolute Gasteiger partial charge is 0.454 e. The van der Waals surface area contributed by atoms with Crippen LogP contribution in [0.4, 0.5) is 17.1 Å². The van der Waals surface area contributed by atoms with Gasteiger partial charge in [0.15, 0.2) is 5.58 Å². The van der Waals surface area contributed by atoms with Crippen LogP contribution in [0.2, 0.25) is 0 Å². The summed E-state index contributed by atoms with van der Waals surface area (Å²) in [6.07, 6.45) is 0. The van der Waals surface area contributed by atoms with Crippen molar-refractivity contribution in [2.75, 3.05) is 4.90 Å². The van der Waals surface area contributed by atoms with Gasteiger partial charge in [0.2, 0.25) is 0 Å². The Bertz CT molecular complexity index is 2770. The summed E-state index contributed by atoms with van der Waals surface area (Å²) in [5.41, 5.74) is 7.62. The van der Waals surface area contributed by atoms with E-state index >= 15 is 0 Å². The number of para-hydroxylation sites is 2. The molecule has 7 aromatic carbocycles. The van der Waals surface area contributed by atoms with Gasteiger partial charge in [-0.25, -0.2) is 0 Å². The third-order valence-corrected chi connectivity index (χ3v) is 11.5. The maximum Gasteiger partial charge on any atom is 0.159 e. The van der Waals surface area contributed by atoms with Gasteiger partial charge in [0.1, 0.15) is 5.58 Å². The fourth-order valence-corrected chi connectivity index (χ4v) is 9.53. The second kappa shape index (κ2) is 10.0. The molecule has 0 unspecified atom stereocenters. The van der Waals surface area contributed by atoms with E-state index in [2.05, 4.69) is 150 Å². The summed E-state index contributed by atoms with van der Waals surface area (Å²) in [6, 6.07) is 54.5. The summed E-state index contributed by atoms with van der Waals surface area (Å²) in [4.78, 5) is 2.45. The van der Waals surface area contributed by atoms with Gasteiger partial charge in [-0.05, 0) is 47.5 Å². The van der Waals surface area contributed by atoms with Gasteiger partial charge < -0.3 is 9.32 Å². The van der Waals surface area contributed by atoms with Crippen LogP contribution in [0.15, 0.2) is 156 Å². The zero-order valence-electron chi connectivity index (χ0n) is 24.6. The first-order valence-electron chi connectivity index (χ1n) is 15.4. The van der Waals surface area contributed by atoms with Crippen molar-refractivity contribution in [2.45, 2.75) is 0 Å². The Balaban J connectivity index is 1.34. The molecule has 0 radical (unpaired) electrons. The van der Waals surface area contributed by atoms with Gasteiger partial charge in [0.05, 0.1) is 21.8 Å². The van der Waals surface area contributed by atoms with E-state index in [1.165, 1.54) is 51.5 Å². The Labute approximate surface area is 273 Å². The number of hydrogen-bond acceptors (Lipinski definition) is 4. The minimum atomic E-state index is 0.892. The lowest BCUT2D eigenvalue weighted by Crippen LogP contribution is -2.10. The molecule has 0 spiro atoms. The van der Waals surface area contributed by atoms with Crippen molar-refractivity contribution >= 4 is 102 Å². The molecule has 0 aliphatic rings. The van der Waals surface area contributed by atoms with E-state index in [-0.39, 0.29) is 0 Å². The van der Waals surface area contributed by atoms with Gasteiger partial charge in [0, 0.05) is 46.4 Å². The van der Waals surface area contributed by atoms with Crippen molar-refractivity contribution in [1.82, 2.24) is 0 Å². The van der Waals surface area contributed by atoms with Crippen LogP contribution in [0.5, 0.6) is 0 Å². The summed E-state index contributed by atoms with van der Waals surface area (Å²) in [7, 11) is 0. The van der Waals surface area contributed by atoms with Crippen LogP contribution in [0.25, 0.3) is 73.4 Å². The molecule has 0 bridgehead atoms. The molecule has 0 aliphatic heterocycles. The molecule has 10 aromatic rings. The average molecular weight is 624 g/mol. The molecule has 0 saturated heterocycles. The van der Waals surface area contributed by atoms with E-state index in [1.807, 2.05) is 28.7 Å². The molecule has 2 nitrogen and oxygen atoms in total. The van der Waals surface area contributed by atoms with E-state index in [4.69, 9.17) is 4.42 Å². The molecule has 3 heterocycles. The van der Waals surface area contributed by atoms with Gasteiger partial charge in [-0.1, -0.05) is 115 Å². The maximum atomic E-state index is 6.70. The standard InChI is InChI=1S/C42H25NOS2/c1-2-12-26(13-3-1)27-16-8-18-30-31-19-10-22-35(42(31)46-41(27)30)43(33-20-11-25-38-39(33)32-15-5-7-24-37(32)45-38)34-21-9-17-29-28-14-4-6-23-36(28)44-40(29)34/h1-25H. The number of thiophene rings is 2. The van der Waals surface area contributed by atoms with Crippen LogP contribution in [0, 0.1) is 0 Å². The molecule has 3 aromatic heterocycles. The zero-order valence-corrected chi connectivity index (χ0v) is 26.2. The average Bonchev–Trinajstić information content (AvgIpc) is 3.81. The van der Waals surface area contributed by atoms with Crippen LogP contribution in [-0.4, -0.2) is 0 Å². The van der Waals surface area contributed by atoms with Crippen LogP contribution in [-0.2, 0) is 0 Å². The highest BCUT2D eigenvalue weighted by atomic mass is 32.1. The zero-order chi connectivity index (χ0) is 30.2. The van der Waals surface area contributed by atoms with Crippen molar-refractivity contribution in [3.8, 4) is 11.1 Å². The predicted octanol–water partition coefficient (Wildman–Crippen LogP) is 13.5. The minimum Gasteiger partial charge on any atom is -0.454 e. The first kappa shape index (κ1) is 25.9. The van der Waals surface area contributed by atoms with Gasteiger partial charge in [-0.3, -0.25) is 0 Å². The van der Waals surface area contributed by atoms with Gasteiger partial charge in [0.25, 0.3) is 0 Å². The molecule has 0 N–H and O–H groups in total. The minimum absolute atomic E-state index is 0.892. The van der Waals surface area contributed by atoms with Gasteiger partial charge in [-0.2, -0.15) is 0 Å². The molecule has 4 heteroatoms. The third-order valence-electron chi connectivity index (χ3n) is 9.08. The van der Waals surface area contributed by atoms with Crippen LogP contribution >= 0.6 is 22.7 Å². The Kier molecular flexibility index (Phi) is 5.65. The highest BCUT2D eigenvalue weighted by Gasteiger charge is 2.25. The van der Waals surface area contributed by atoms with Crippen molar-refractivity contribution in [2.24, 2.45) is 0 Å². The van der Waals surface area contributed by atoms with E-state index in [9.17, 15) is 0 Å². The fraction of sp³-hybridized carbons (Fsp3) is 0. The number of furan rings is 1. The normalized spacial score (nSPS) is 11.9. The van der Waals surface area contributed by atoms with Crippen LogP contribution < -0.4 is 4.90 Å². The quantitative estimate of drug-likeness (QED) is 0.194. The Morgan fingerprint density at radius 1 is 0.413 bits per heavy atom. The number of nitrogens with zero attached hydrogens (tertiary/aromatic N) is 1. The van der Waals surface area contributed by atoms with E-state index in [0.29, 0.717) is 0 Å². The molecule has 0 fully saturated rings. The lowest BCUT2D eigenvalue weighted by atomic mass is 10.0. The molecule has 10 rings (SSSR count). The first-order valence-corrected chi connectivity index (χ1v) is 17.1. The lowest BCUT2D eigenvalue weighted by molar-refractivity contribution is 0.669. The molecule has 0 atom stereocenters. The summed E-state index contributed by atoms with van der Waals surface area (Å²) < 4.78 is 11.8. The van der Waals surface area contributed by atoms with Crippen molar-refractivity contribution in [3.63, 3.8) is 0 Å². The monoisotopic (exact) mass is 623 g/mol. The number of anilines is 3. The molecule has 0 saturated carbocycles. The second-order valence-corrected chi connectivity index (χ2v) is 13.7. The maximum absolute atomic E-state index is 6.70. The SMILES string of the molecule is c1ccc(-c2cccc3c2sc2c(N(c4cccc5c4oc4ccccc45)c4cccc5sc6ccccc6c45)cccc23)cc1. The van der Waals surface area contributed by atoms with Crippen molar-refractivity contribution in [1.29, 1.82) is 0 Å². The summed E-state index contributed by atoms with van der Waals surface area (Å²) in [5.74, 6) is 0. The Morgan fingerprint density at radius 3 is 1.93 bits per heavy atom. The Morgan fingerprint density at radius 2 is 1.04 bits per heavy atom. The van der Waals surface area contributed by atoms with Crippen LogP contribution in [0.1, 0.15) is 0 Å². The first-order chi connectivity index (χ1) is 22.8. The van der Waals surface area contributed by atoms with E-state index in [0.717, 1.165) is 39.0 Å². The summed E-state index contributed by atoms with van der Waals surface area (Å²) in [6.45, 7) is 0. The molecule has 0 amide bonds. The molecule has 46 heavy (non-hydrogen) atoms. The van der Waals surface area contributed by atoms with Crippen LogP contribution in [0.3, 0.4) is 0 Å². The molecular weight excluding hydrogens is 599 g/mol. The molecule has 0 aliphatic carbocycles. The topological polar surface area (TPSA) is 16.4 Å². The number of fused-ring (bicyclic) bond motifs is 9. The number of hydrogen-bond donors (Lipinski definition) is 0. The number of rotatable bonds is 4. The molecular formula is C42H25NOS2. The summed E-state index contributed by atoms with van der Waals surface area (Å²) >= 11 is 3.73. The van der Waals surface area contributed by atoms with Crippen molar-refractivity contribution < 1.29 is 4.42 Å². The smallest absolute Gasteiger partial charge is 0.159 e. The van der Waals surface area contributed by atoms with E-state index < -0.39 is 0 Å². The summed E-state index contributed by atoms with van der Waals surface area (Å²) in [5, 5.41) is 7.33. The fourth-order valence-electron chi connectivity index (χ4n) is 7.07. The van der Waals surface area contributed by atoms with Crippen molar-refractivity contribution in [3.05, 3.63) is 152 Å². The van der Waals surface area contributed by atoms with E-state index in [1.54, 1.807) is 0 Å². The van der Waals surface area contributed by atoms with Gasteiger partial charge >= 0.3 is 0 Å².